The second-order valence-corrected chi connectivity index (χ2v) is 6.28. The number of esters is 1. The van der Waals surface area contributed by atoms with Crippen LogP contribution in [0.5, 0.6) is 5.75 Å². The number of rotatable bonds is 5. The van der Waals surface area contributed by atoms with Crippen molar-refractivity contribution in [3.63, 3.8) is 0 Å². The van der Waals surface area contributed by atoms with Crippen LogP contribution in [-0.4, -0.2) is 12.5 Å². The maximum absolute atomic E-state index is 11.8. The summed E-state index contributed by atoms with van der Waals surface area (Å²) >= 11 is 0. The van der Waals surface area contributed by atoms with Crippen molar-refractivity contribution < 1.29 is 9.53 Å². The Morgan fingerprint density at radius 2 is 2.00 bits per heavy atom. The van der Waals surface area contributed by atoms with Crippen molar-refractivity contribution in [1.29, 1.82) is 0 Å². The highest BCUT2D eigenvalue weighted by Gasteiger charge is 2.23. The van der Waals surface area contributed by atoms with Crippen LogP contribution >= 0.6 is 0 Å². The van der Waals surface area contributed by atoms with Gasteiger partial charge in [0, 0.05) is 18.3 Å². The molecule has 0 heterocycles. The van der Waals surface area contributed by atoms with E-state index in [4.69, 9.17) is 4.74 Å². The standard InChI is InChI=1S/C16H25NO2/c1-12(2)9-10-17-13-7-6-8-14(11-13)19-15(18)16(3,4)5/h6-8,11-12,17H,9-10H2,1-5H3. The van der Waals surface area contributed by atoms with E-state index in [1.807, 2.05) is 39.0 Å². The second-order valence-electron chi connectivity index (χ2n) is 6.28. The van der Waals surface area contributed by atoms with E-state index in [1.54, 1.807) is 6.07 Å². The summed E-state index contributed by atoms with van der Waals surface area (Å²) in [6.45, 7) is 10.9. The molecular formula is C16H25NO2. The first kappa shape index (κ1) is 15.5. The van der Waals surface area contributed by atoms with Gasteiger partial charge in [0.05, 0.1) is 5.41 Å². The van der Waals surface area contributed by atoms with Crippen LogP contribution in [0.4, 0.5) is 5.69 Å². The Hall–Kier alpha value is -1.51. The molecular weight excluding hydrogens is 238 g/mol. The van der Waals surface area contributed by atoms with Gasteiger partial charge in [-0.25, -0.2) is 0 Å². The molecule has 0 saturated carbocycles. The van der Waals surface area contributed by atoms with Gasteiger partial charge in [0.1, 0.15) is 5.75 Å². The Balaban J connectivity index is 2.59. The van der Waals surface area contributed by atoms with E-state index in [9.17, 15) is 4.79 Å². The topological polar surface area (TPSA) is 38.3 Å². The number of anilines is 1. The number of carbonyl (C=O) groups excluding carboxylic acids is 1. The molecule has 0 saturated heterocycles. The van der Waals surface area contributed by atoms with Crippen LogP contribution in [-0.2, 0) is 4.79 Å². The zero-order valence-corrected chi connectivity index (χ0v) is 12.6. The highest BCUT2D eigenvalue weighted by Crippen LogP contribution is 2.22. The molecule has 0 bridgehead atoms. The Kier molecular flexibility index (Phi) is 5.40. The van der Waals surface area contributed by atoms with Crippen LogP contribution in [0.1, 0.15) is 41.0 Å². The van der Waals surface area contributed by atoms with Gasteiger partial charge in [0.15, 0.2) is 0 Å². The molecule has 0 aromatic heterocycles. The second kappa shape index (κ2) is 6.60. The lowest BCUT2D eigenvalue weighted by Gasteiger charge is -2.17. The number of hydrogen-bond acceptors (Lipinski definition) is 3. The van der Waals surface area contributed by atoms with Gasteiger partial charge in [-0.1, -0.05) is 19.9 Å². The maximum atomic E-state index is 11.8. The van der Waals surface area contributed by atoms with Gasteiger partial charge in [-0.3, -0.25) is 4.79 Å². The molecule has 0 fully saturated rings. The summed E-state index contributed by atoms with van der Waals surface area (Å²) in [5.74, 6) is 1.05. The van der Waals surface area contributed by atoms with Gasteiger partial charge in [-0.05, 0) is 45.2 Å². The van der Waals surface area contributed by atoms with E-state index >= 15 is 0 Å². The van der Waals surface area contributed by atoms with Gasteiger partial charge in [0.25, 0.3) is 0 Å². The van der Waals surface area contributed by atoms with Gasteiger partial charge >= 0.3 is 5.97 Å². The third kappa shape index (κ3) is 5.77. The molecule has 3 heteroatoms. The summed E-state index contributed by atoms with van der Waals surface area (Å²) in [5, 5.41) is 3.34. The monoisotopic (exact) mass is 263 g/mol. The van der Waals surface area contributed by atoms with Crippen molar-refractivity contribution in [3.05, 3.63) is 24.3 Å². The molecule has 3 nitrogen and oxygen atoms in total. The highest BCUT2D eigenvalue weighted by molar-refractivity contribution is 5.78. The minimum Gasteiger partial charge on any atom is -0.426 e. The van der Waals surface area contributed by atoms with Gasteiger partial charge in [0.2, 0.25) is 0 Å². The fourth-order valence-corrected chi connectivity index (χ4v) is 1.43. The average molecular weight is 263 g/mol. The number of benzene rings is 1. The molecule has 0 aliphatic heterocycles. The quantitative estimate of drug-likeness (QED) is 0.642. The van der Waals surface area contributed by atoms with Gasteiger partial charge in [-0.15, -0.1) is 0 Å². The summed E-state index contributed by atoms with van der Waals surface area (Å²) in [4.78, 5) is 11.8. The summed E-state index contributed by atoms with van der Waals surface area (Å²) in [6.07, 6.45) is 1.12. The zero-order valence-electron chi connectivity index (χ0n) is 12.6. The van der Waals surface area contributed by atoms with Crippen LogP contribution < -0.4 is 10.1 Å². The fourth-order valence-electron chi connectivity index (χ4n) is 1.43. The van der Waals surface area contributed by atoms with Gasteiger partial charge < -0.3 is 10.1 Å². The third-order valence-electron chi connectivity index (χ3n) is 2.71. The van der Waals surface area contributed by atoms with E-state index in [1.165, 1.54) is 0 Å². The van der Waals surface area contributed by atoms with Crippen LogP contribution in [0.25, 0.3) is 0 Å². The normalized spacial score (nSPS) is 11.5. The molecule has 0 spiro atoms. The van der Waals surface area contributed by atoms with Crippen LogP contribution in [0.3, 0.4) is 0 Å². The minimum atomic E-state index is -0.485. The van der Waals surface area contributed by atoms with Crippen molar-refractivity contribution in [1.82, 2.24) is 0 Å². The summed E-state index contributed by atoms with van der Waals surface area (Å²) in [7, 11) is 0. The molecule has 1 N–H and O–H groups in total. The Labute approximate surface area is 116 Å². The van der Waals surface area contributed by atoms with E-state index in [-0.39, 0.29) is 5.97 Å². The average Bonchev–Trinajstić information content (AvgIpc) is 2.27. The Bertz CT molecular complexity index is 419. The smallest absolute Gasteiger partial charge is 0.316 e. The first-order valence-corrected chi connectivity index (χ1v) is 6.85. The van der Waals surface area contributed by atoms with Crippen LogP contribution in [0.15, 0.2) is 24.3 Å². The molecule has 1 aromatic rings. The van der Waals surface area contributed by atoms with Gasteiger partial charge in [-0.2, -0.15) is 0 Å². The Morgan fingerprint density at radius 1 is 1.32 bits per heavy atom. The molecule has 0 aliphatic carbocycles. The van der Waals surface area contributed by atoms with Crippen LogP contribution in [0.2, 0.25) is 0 Å². The lowest BCUT2D eigenvalue weighted by Crippen LogP contribution is -2.25. The Morgan fingerprint density at radius 3 is 2.58 bits per heavy atom. The minimum absolute atomic E-state index is 0.216. The molecule has 0 radical (unpaired) electrons. The predicted molar refractivity (Wildman–Crippen MR) is 79.5 cm³/mol. The summed E-state index contributed by atoms with van der Waals surface area (Å²) < 4.78 is 5.37. The number of hydrogen-bond donors (Lipinski definition) is 1. The molecule has 0 unspecified atom stereocenters. The molecule has 0 aliphatic rings. The SMILES string of the molecule is CC(C)CCNc1cccc(OC(=O)C(C)(C)C)c1. The number of nitrogens with one attached hydrogen (secondary N) is 1. The first-order chi connectivity index (χ1) is 8.79. The van der Waals surface area contributed by atoms with E-state index < -0.39 is 5.41 Å². The molecule has 1 aromatic carbocycles. The van der Waals surface area contributed by atoms with Crippen molar-refractivity contribution in [2.75, 3.05) is 11.9 Å². The van der Waals surface area contributed by atoms with E-state index in [2.05, 4.69) is 19.2 Å². The summed E-state index contributed by atoms with van der Waals surface area (Å²) in [6, 6.07) is 7.54. The van der Waals surface area contributed by atoms with Crippen molar-refractivity contribution in [2.24, 2.45) is 11.3 Å². The van der Waals surface area contributed by atoms with Crippen LogP contribution in [0, 0.1) is 11.3 Å². The molecule has 0 amide bonds. The fraction of sp³-hybridized carbons (Fsp3) is 0.562. The summed E-state index contributed by atoms with van der Waals surface area (Å²) in [5.41, 5.74) is 0.501. The molecule has 0 atom stereocenters. The maximum Gasteiger partial charge on any atom is 0.316 e. The van der Waals surface area contributed by atoms with Crippen molar-refractivity contribution in [3.8, 4) is 5.75 Å². The lowest BCUT2D eigenvalue weighted by atomic mass is 9.97. The first-order valence-electron chi connectivity index (χ1n) is 6.85. The number of carbonyl (C=O) groups is 1. The molecule has 1 rings (SSSR count). The van der Waals surface area contributed by atoms with Crippen molar-refractivity contribution in [2.45, 2.75) is 41.0 Å². The lowest BCUT2D eigenvalue weighted by molar-refractivity contribution is -0.142. The van der Waals surface area contributed by atoms with Crippen molar-refractivity contribution >= 4 is 11.7 Å². The zero-order chi connectivity index (χ0) is 14.5. The highest BCUT2D eigenvalue weighted by atomic mass is 16.5. The van der Waals surface area contributed by atoms with E-state index in [0.717, 1.165) is 18.7 Å². The van der Waals surface area contributed by atoms with E-state index in [0.29, 0.717) is 11.7 Å². The molecule has 106 valence electrons. The third-order valence-corrected chi connectivity index (χ3v) is 2.71. The largest absolute Gasteiger partial charge is 0.426 e. The predicted octanol–water partition coefficient (Wildman–Crippen LogP) is 4.10. The number of ether oxygens (including phenoxy) is 1. The molecule has 19 heavy (non-hydrogen) atoms.